The highest BCUT2D eigenvalue weighted by molar-refractivity contribution is 6.33. The summed E-state index contributed by atoms with van der Waals surface area (Å²) in [6.07, 6.45) is 2.36. The molecule has 148 valence electrons. The van der Waals surface area contributed by atoms with Crippen LogP contribution in [0.3, 0.4) is 0 Å². The molecule has 0 radical (unpaired) electrons. The number of fused-ring (bicyclic) bond motifs is 1. The molecule has 28 heavy (non-hydrogen) atoms. The van der Waals surface area contributed by atoms with Crippen LogP contribution in [0.25, 0.3) is 22.4 Å². The zero-order chi connectivity index (χ0) is 19.7. The van der Waals surface area contributed by atoms with Crippen LogP contribution in [0.1, 0.15) is 29.9 Å². The van der Waals surface area contributed by atoms with Gasteiger partial charge in [-0.05, 0) is 81.2 Å². The molecule has 2 N–H and O–H groups in total. The summed E-state index contributed by atoms with van der Waals surface area (Å²) in [5.41, 5.74) is 5.22. The maximum Gasteiger partial charge on any atom is 0.140 e. The molecule has 0 atom stereocenters. The first-order valence-electron chi connectivity index (χ1n) is 9.88. The topological polar surface area (TPSA) is 44.0 Å². The van der Waals surface area contributed by atoms with Gasteiger partial charge in [0.15, 0.2) is 0 Å². The minimum Gasteiger partial charge on any atom is -0.338 e. The van der Waals surface area contributed by atoms with Crippen molar-refractivity contribution < 1.29 is 4.39 Å². The Kier molecular flexibility index (Phi) is 5.67. The number of H-pyrrole nitrogens is 1. The highest BCUT2D eigenvalue weighted by Gasteiger charge is 2.22. The smallest absolute Gasteiger partial charge is 0.140 e. The number of aryl methyl sites for hydroxylation is 1. The molecule has 0 saturated carbocycles. The van der Waals surface area contributed by atoms with E-state index in [4.69, 9.17) is 16.6 Å². The van der Waals surface area contributed by atoms with Gasteiger partial charge in [-0.3, -0.25) is 0 Å². The van der Waals surface area contributed by atoms with Crippen LogP contribution in [0.2, 0.25) is 5.02 Å². The fourth-order valence-corrected chi connectivity index (χ4v) is 4.38. The zero-order valence-electron chi connectivity index (χ0n) is 16.4. The molecule has 1 aliphatic heterocycles. The second-order valence-electron chi connectivity index (χ2n) is 7.66. The van der Waals surface area contributed by atoms with Gasteiger partial charge in [0, 0.05) is 18.7 Å². The Hall–Kier alpha value is -1.95. The predicted octanol–water partition coefficient (Wildman–Crippen LogP) is 4.73. The van der Waals surface area contributed by atoms with E-state index in [-0.39, 0.29) is 5.82 Å². The molecule has 2 heterocycles. The normalized spacial score (nSPS) is 16.1. The quantitative estimate of drug-likeness (QED) is 0.650. The maximum atomic E-state index is 13.4. The van der Waals surface area contributed by atoms with E-state index in [1.54, 1.807) is 6.07 Å². The Morgan fingerprint density at radius 3 is 2.75 bits per heavy atom. The number of nitrogens with one attached hydrogen (secondary N) is 2. The van der Waals surface area contributed by atoms with Crippen molar-refractivity contribution >= 4 is 22.6 Å². The Balaban J connectivity index is 1.59. The molecule has 0 aliphatic carbocycles. The number of halogens is 2. The number of hydrogen-bond acceptors (Lipinski definition) is 3. The van der Waals surface area contributed by atoms with Crippen molar-refractivity contribution in [1.82, 2.24) is 20.2 Å². The molecule has 0 bridgehead atoms. The van der Waals surface area contributed by atoms with Crippen LogP contribution in [0.15, 0.2) is 30.3 Å². The molecule has 1 aromatic heterocycles. The lowest BCUT2D eigenvalue weighted by Crippen LogP contribution is -2.37. The highest BCUT2D eigenvalue weighted by atomic mass is 35.5. The molecular weight excluding hydrogens is 375 g/mol. The molecule has 1 fully saturated rings. The van der Waals surface area contributed by atoms with Crippen molar-refractivity contribution in [3.8, 4) is 11.4 Å². The molecular formula is C22H26ClFN4. The van der Waals surface area contributed by atoms with Crippen LogP contribution in [-0.2, 0) is 0 Å². The highest BCUT2D eigenvalue weighted by Crippen LogP contribution is 2.33. The first-order valence-corrected chi connectivity index (χ1v) is 10.3. The molecule has 4 nitrogen and oxygen atoms in total. The van der Waals surface area contributed by atoms with Crippen LogP contribution in [0.5, 0.6) is 0 Å². The van der Waals surface area contributed by atoms with Gasteiger partial charge in [-0.25, -0.2) is 9.37 Å². The summed E-state index contributed by atoms with van der Waals surface area (Å²) in [5, 5.41) is 3.59. The second kappa shape index (κ2) is 8.19. The number of aromatic amines is 1. The minimum atomic E-state index is -0.343. The van der Waals surface area contributed by atoms with Crippen LogP contribution in [-0.4, -0.2) is 48.1 Å². The number of piperidine rings is 1. The van der Waals surface area contributed by atoms with Gasteiger partial charge in [-0.15, -0.1) is 0 Å². The van der Waals surface area contributed by atoms with Gasteiger partial charge in [-0.2, -0.15) is 0 Å². The molecule has 0 spiro atoms. The van der Waals surface area contributed by atoms with E-state index in [0.29, 0.717) is 16.8 Å². The first-order chi connectivity index (χ1) is 13.5. The van der Waals surface area contributed by atoms with Crippen molar-refractivity contribution in [3.63, 3.8) is 0 Å². The van der Waals surface area contributed by atoms with Gasteiger partial charge in [0.2, 0.25) is 0 Å². The SMILES string of the molecule is CNCCN1CCC(c2cc(C)c3nc(-c4ccc(F)cc4Cl)[nH]c3c2)CC1. The summed E-state index contributed by atoms with van der Waals surface area (Å²) >= 11 is 6.23. The van der Waals surface area contributed by atoms with Gasteiger partial charge in [0.25, 0.3) is 0 Å². The van der Waals surface area contributed by atoms with E-state index in [9.17, 15) is 4.39 Å². The Morgan fingerprint density at radius 2 is 2.04 bits per heavy atom. The summed E-state index contributed by atoms with van der Waals surface area (Å²) in [7, 11) is 2.00. The number of hydrogen-bond donors (Lipinski definition) is 2. The Morgan fingerprint density at radius 1 is 1.25 bits per heavy atom. The first kappa shape index (κ1) is 19.4. The summed E-state index contributed by atoms with van der Waals surface area (Å²) in [6, 6.07) is 8.91. The number of likely N-dealkylation sites (N-methyl/N-ethyl adjacent to an activating group) is 1. The third kappa shape index (κ3) is 3.93. The number of rotatable bonds is 5. The fraction of sp³-hybridized carbons (Fsp3) is 0.409. The summed E-state index contributed by atoms with van der Waals surface area (Å²) in [6.45, 7) is 6.54. The van der Waals surface area contributed by atoms with E-state index in [1.165, 1.54) is 30.5 Å². The third-order valence-electron chi connectivity index (χ3n) is 5.72. The van der Waals surface area contributed by atoms with Crippen molar-refractivity contribution in [3.05, 3.63) is 52.3 Å². The average Bonchev–Trinajstić information content (AvgIpc) is 3.11. The monoisotopic (exact) mass is 400 g/mol. The van der Waals surface area contributed by atoms with Crippen molar-refractivity contribution in [2.24, 2.45) is 0 Å². The Bertz CT molecular complexity index is 976. The largest absolute Gasteiger partial charge is 0.338 e. The van der Waals surface area contributed by atoms with Crippen molar-refractivity contribution in [1.29, 1.82) is 0 Å². The minimum absolute atomic E-state index is 0.343. The summed E-state index contributed by atoms with van der Waals surface area (Å²) in [5.74, 6) is 0.918. The maximum absolute atomic E-state index is 13.4. The van der Waals surface area contributed by atoms with Crippen molar-refractivity contribution in [2.75, 3.05) is 33.2 Å². The van der Waals surface area contributed by atoms with E-state index in [2.05, 4.69) is 34.3 Å². The molecule has 1 saturated heterocycles. The molecule has 3 aromatic rings. The average molecular weight is 401 g/mol. The number of imidazole rings is 1. The molecule has 0 amide bonds. The number of benzene rings is 2. The van der Waals surface area contributed by atoms with Gasteiger partial charge < -0.3 is 15.2 Å². The van der Waals surface area contributed by atoms with Crippen LogP contribution < -0.4 is 5.32 Å². The van der Waals surface area contributed by atoms with E-state index in [1.807, 2.05) is 7.05 Å². The fourth-order valence-electron chi connectivity index (χ4n) is 4.12. The van der Waals surface area contributed by atoms with Crippen LogP contribution >= 0.6 is 11.6 Å². The molecule has 1 aliphatic rings. The summed E-state index contributed by atoms with van der Waals surface area (Å²) in [4.78, 5) is 10.7. The lowest BCUT2D eigenvalue weighted by Gasteiger charge is -2.32. The third-order valence-corrected chi connectivity index (χ3v) is 6.04. The van der Waals surface area contributed by atoms with Gasteiger partial charge in [0.1, 0.15) is 11.6 Å². The van der Waals surface area contributed by atoms with Crippen LogP contribution in [0.4, 0.5) is 4.39 Å². The van der Waals surface area contributed by atoms with Gasteiger partial charge >= 0.3 is 0 Å². The predicted molar refractivity (Wildman–Crippen MR) is 114 cm³/mol. The van der Waals surface area contributed by atoms with Gasteiger partial charge in [-0.1, -0.05) is 17.7 Å². The number of nitrogens with zero attached hydrogens (tertiary/aromatic N) is 2. The van der Waals surface area contributed by atoms with Crippen LogP contribution in [0, 0.1) is 12.7 Å². The lowest BCUT2D eigenvalue weighted by atomic mass is 9.88. The second-order valence-corrected chi connectivity index (χ2v) is 8.07. The molecule has 6 heteroatoms. The number of likely N-dealkylation sites (tertiary alicyclic amines) is 1. The molecule has 0 unspecified atom stereocenters. The zero-order valence-corrected chi connectivity index (χ0v) is 17.1. The summed E-state index contributed by atoms with van der Waals surface area (Å²) < 4.78 is 13.4. The van der Waals surface area contributed by atoms with E-state index in [0.717, 1.165) is 48.3 Å². The van der Waals surface area contributed by atoms with Crippen molar-refractivity contribution in [2.45, 2.75) is 25.7 Å². The van der Waals surface area contributed by atoms with Gasteiger partial charge in [0.05, 0.1) is 16.1 Å². The standard InChI is InChI=1S/C22H26ClFN4/c1-14-11-16(15-5-8-28(9-6-15)10-7-25-2)12-20-21(14)27-22(26-20)18-4-3-17(24)13-19(18)23/h3-4,11-13,15,25H,5-10H2,1-2H3,(H,26,27). The Labute approximate surface area is 170 Å². The number of aromatic nitrogens is 2. The molecule has 4 rings (SSSR count). The lowest BCUT2D eigenvalue weighted by molar-refractivity contribution is 0.214. The van der Waals surface area contributed by atoms with E-state index < -0.39 is 0 Å². The molecule has 2 aromatic carbocycles. The van der Waals surface area contributed by atoms with E-state index >= 15 is 0 Å².